The van der Waals surface area contributed by atoms with Crippen molar-refractivity contribution in [2.75, 3.05) is 26.2 Å². The summed E-state index contributed by atoms with van der Waals surface area (Å²) < 4.78 is 0. The second-order valence-electron chi connectivity index (χ2n) is 6.66. The van der Waals surface area contributed by atoms with E-state index in [0.717, 1.165) is 32.7 Å². The molecule has 24 heavy (non-hydrogen) atoms. The van der Waals surface area contributed by atoms with E-state index >= 15 is 0 Å². The molecule has 1 atom stereocenters. The molecular weight excluding hydrogens is 296 g/mol. The van der Waals surface area contributed by atoms with Gasteiger partial charge in [-0.15, -0.1) is 0 Å². The highest BCUT2D eigenvalue weighted by atomic mass is 16.2. The standard InChI is InChI=1S/C21H26N2O/c1-18(20-10-6-3-7-11-20)16-21(24)23-14-12-22(13-15-23)17-19-8-4-2-5-9-19/h2-11,18H,12-17H2,1H3. The van der Waals surface area contributed by atoms with E-state index in [9.17, 15) is 4.79 Å². The molecule has 3 heteroatoms. The SMILES string of the molecule is CC(CC(=O)N1CCN(Cc2ccccc2)CC1)c1ccccc1. The molecule has 0 aromatic heterocycles. The number of hydrogen-bond acceptors (Lipinski definition) is 2. The Kier molecular flexibility index (Phi) is 5.65. The van der Waals surface area contributed by atoms with Gasteiger partial charge in [0, 0.05) is 39.1 Å². The highest BCUT2D eigenvalue weighted by Gasteiger charge is 2.22. The molecule has 1 aliphatic heterocycles. The van der Waals surface area contributed by atoms with Gasteiger partial charge in [-0.25, -0.2) is 0 Å². The largest absolute Gasteiger partial charge is 0.340 e. The molecule has 3 rings (SSSR count). The van der Waals surface area contributed by atoms with Crippen LogP contribution in [0, 0.1) is 0 Å². The highest BCUT2D eigenvalue weighted by molar-refractivity contribution is 5.77. The molecule has 1 saturated heterocycles. The van der Waals surface area contributed by atoms with Crippen LogP contribution in [0.1, 0.15) is 30.4 Å². The Morgan fingerprint density at radius 2 is 1.50 bits per heavy atom. The van der Waals surface area contributed by atoms with E-state index in [1.54, 1.807) is 0 Å². The zero-order valence-electron chi connectivity index (χ0n) is 14.4. The fourth-order valence-electron chi connectivity index (χ4n) is 3.29. The maximum absolute atomic E-state index is 12.6. The van der Waals surface area contributed by atoms with Crippen LogP contribution in [-0.4, -0.2) is 41.9 Å². The van der Waals surface area contributed by atoms with Crippen LogP contribution < -0.4 is 0 Å². The number of rotatable bonds is 5. The summed E-state index contributed by atoms with van der Waals surface area (Å²) in [5.74, 6) is 0.562. The summed E-state index contributed by atoms with van der Waals surface area (Å²) in [6, 6.07) is 20.9. The van der Waals surface area contributed by atoms with E-state index in [1.807, 2.05) is 29.2 Å². The minimum atomic E-state index is 0.279. The highest BCUT2D eigenvalue weighted by Crippen LogP contribution is 2.20. The molecule has 1 unspecified atom stereocenters. The van der Waals surface area contributed by atoms with Gasteiger partial charge in [0.2, 0.25) is 5.91 Å². The number of benzene rings is 2. The van der Waals surface area contributed by atoms with Crippen LogP contribution in [0.15, 0.2) is 60.7 Å². The molecule has 126 valence electrons. The summed E-state index contributed by atoms with van der Waals surface area (Å²) in [6.07, 6.45) is 0.600. The molecule has 0 N–H and O–H groups in total. The maximum Gasteiger partial charge on any atom is 0.223 e. The van der Waals surface area contributed by atoms with Gasteiger partial charge in [0.15, 0.2) is 0 Å². The van der Waals surface area contributed by atoms with Gasteiger partial charge in [-0.05, 0) is 17.0 Å². The van der Waals surface area contributed by atoms with E-state index < -0.39 is 0 Å². The van der Waals surface area contributed by atoms with Gasteiger partial charge in [0.1, 0.15) is 0 Å². The summed E-state index contributed by atoms with van der Waals surface area (Å²) in [7, 11) is 0. The number of piperazine rings is 1. The summed E-state index contributed by atoms with van der Waals surface area (Å²) in [6.45, 7) is 6.71. The van der Waals surface area contributed by atoms with E-state index in [0.29, 0.717) is 6.42 Å². The molecule has 1 fully saturated rings. The van der Waals surface area contributed by atoms with Crippen molar-refractivity contribution in [3.8, 4) is 0 Å². The van der Waals surface area contributed by atoms with Gasteiger partial charge < -0.3 is 4.90 Å². The zero-order valence-corrected chi connectivity index (χ0v) is 14.4. The molecule has 0 bridgehead atoms. The first kappa shape index (κ1) is 16.7. The Morgan fingerprint density at radius 3 is 2.12 bits per heavy atom. The fraction of sp³-hybridized carbons (Fsp3) is 0.381. The molecule has 0 saturated carbocycles. The average molecular weight is 322 g/mol. The molecule has 0 radical (unpaired) electrons. The Labute approximate surface area is 144 Å². The second kappa shape index (κ2) is 8.11. The first-order chi connectivity index (χ1) is 11.7. The third kappa shape index (κ3) is 4.45. The van der Waals surface area contributed by atoms with Gasteiger partial charge >= 0.3 is 0 Å². The molecule has 1 aliphatic rings. The van der Waals surface area contributed by atoms with Crippen molar-refractivity contribution in [1.82, 2.24) is 9.80 Å². The maximum atomic E-state index is 12.6. The summed E-state index contributed by atoms with van der Waals surface area (Å²) in [4.78, 5) is 17.0. The lowest BCUT2D eigenvalue weighted by Crippen LogP contribution is -2.48. The third-order valence-electron chi connectivity index (χ3n) is 4.82. The molecule has 1 amide bonds. The number of carbonyl (C=O) groups is 1. The van der Waals surface area contributed by atoms with Crippen molar-refractivity contribution < 1.29 is 4.79 Å². The van der Waals surface area contributed by atoms with Gasteiger partial charge in [-0.1, -0.05) is 67.6 Å². The van der Waals surface area contributed by atoms with Gasteiger partial charge in [-0.3, -0.25) is 9.69 Å². The fourth-order valence-corrected chi connectivity index (χ4v) is 3.29. The minimum Gasteiger partial charge on any atom is -0.340 e. The molecular formula is C21H26N2O. The van der Waals surface area contributed by atoms with Crippen molar-refractivity contribution in [3.63, 3.8) is 0 Å². The molecule has 0 aliphatic carbocycles. The molecule has 1 heterocycles. The van der Waals surface area contributed by atoms with Gasteiger partial charge in [0.05, 0.1) is 0 Å². The predicted octanol–water partition coefficient (Wildman–Crippen LogP) is 3.52. The Bertz CT molecular complexity index is 633. The van der Waals surface area contributed by atoms with E-state index in [-0.39, 0.29) is 11.8 Å². The van der Waals surface area contributed by atoms with Crippen LogP contribution in [0.3, 0.4) is 0 Å². The van der Waals surface area contributed by atoms with Gasteiger partial charge in [0.25, 0.3) is 0 Å². The molecule has 2 aromatic rings. The summed E-state index contributed by atoms with van der Waals surface area (Å²) >= 11 is 0. The Morgan fingerprint density at radius 1 is 0.917 bits per heavy atom. The van der Waals surface area contributed by atoms with Gasteiger partial charge in [-0.2, -0.15) is 0 Å². The van der Waals surface area contributed by atoms with Crippen molar-refractivity contribution in [2.24, 2.45) is 0 Å². The first-order valence-corrected chi connectivity index (χ1v) is 8.81. The van der Waals surface area contributed by atoms with Crippen molar-refractivity contribution in [3.05, 3.63) is 71.8 Å². The smallest absolute Gasteiger partial charge is 0.223 e. The van der Waals surface area contributed by atoms with Crippen molar-refractivity contribution in [2.45, 2.75) is 25.8 Å². The zero-order chi connectivity index (χ0) is 16.8. The number of carbonyl (C=O) groups excluding carboxylic acids is 1. The van der Waals surface area contributed by atoms with Crippen LogP contribution in [0.4, 0.5) is 0 Å². The van der Waals surface area contributed by atoms with Crippen molar-refractivity contribution in [1.29, 1.82) is 0 Å². The predicted molar refractivity (Wildman–Crippen MR) is 97.8 cm³/mol. The van der Waals surface area contributed by atoms with Crippen LogP contribution in [0.5, 0.6) is 0 Å². The van der Waals surface area contributed by atoms with E-state index in [4.69, 9.17) is 0 Å². The Hall–Kier alpha value is -2.13. The monoisotopic (exact) mass is 322 g/mol. The first-order valence-electron chi connectivity index (χ1n) is 8.81. The van der Waals surface area contributed by atoms with Crippen LogP contribution in [0.25, 0.3) is 0 Å². The van der Waals surface area contributed by atoms with Crippen LogP contribution in [0.2, 0.25) is 0 Å². The number of amides is 1. The Balaban J connectivity index is 1.47. The van der Waals surface area contributed by atoms with Crippen molar-refractivity contribution >= 4 is 5.91 Å². The number of nitrogens with zero attached hydrogens (tertiary/aromatic N) is 2. The van der Waals surface area contributed by atoms with E-state index in [1.165, 1.54) is 11.1 Å². The van der Waals surface area contributed by atoms with Crippen LogP contribution in [-0.2, 0) is 11.3 Å². The average Bonchev–Trinajstić information content (AvgIpc) is 2.64. The minimum absolute atomic E-state index is 0.279. The summed E-state index contributed by atoms with van der Waals surface area (Å²) in [5, 5.41) is 0. The topological polar surface area (TPSA) is 23.6 Å². The lowest BCUT2D eigenvalue weighted by Gasteiger charge is -2.35. The molecule has 2 aromatic carbocycles. The third-order valence-corrected chi connectivity index (χ3v) is 4.82. The molecule has 0 spiro atoms. The van der Waals surface area contributed by atoms with Crippen LogP contribution >= 0.6 is 0 Å². The normalized spacial score (nSPS) is 16.8. The summed E-state index contributed by atoms with van der Waals surface area (Å²) in [5.41, 5.74) is 2.59. The van der Waals surface area contributed by atoms with E-state index in [2.05, 4.69) is 48.2 Å². The molecule has 3 nitrogen and oxygen atoms in total. The number of hydrogen-bond donors (Lipinski definition) is 0. The quantitative estimate of drug-likeness (QED) is 0.841. The lowest BCUT2D eigenvalue weighted by molar-refractivity contribution is -0.133. The lowest BCUT2D eigenvalue weighted by atomic mass is 9.97. The second-order valence-corrected chi connectivity index (χ2v) is 6.66.